The van der Waals surface area contributed by atoms with Gasteiger partial charge in [0.15, 0.2) is 0 Å². The predicted molar refractivity (Wildman–Crippen MR) is 70.0 cm³/mol. The molecule has 0 amide bonds. The Morgan fingerprint density at radius 3 is 1.41 bits per heavy atom. The van der Waals surface area contributed by atoms with E-state index in [2.05, 4.69) is 0 Å². The number of hydrogen-bond acceptors (Lipinski definition) is 4. The summed E-state index contributed by atoms with van der Waals surface area (Å²) in [5, 5.41) is 0. The van der Waals surface area contributed by atoms with Crippen LogP contribution in [0.3, 0.4) is 0 Å². The van der Waals surface area contributed by atoms with Gasteiger partial charge in [-0.15, -0.1) is 0 Å². The Balaban J connectivity index is 4.75. The molecule has 0 bridgehead atoms. The summed E-state index contributed by atoms with van der Waals surface area (Å²) in [7, 11) is -2.75. The summed E-state index contributed by atoms with van der Waals surface area (Å²) in [6.45, 7) is 8.38. The Bertz CT molecular complexity index is 227. The number of carbonyl (C=O) groups excluding carboxylic acids is 2. The Morgan fingerprint density at radius 2 is 1.18 bits per heavy atom. The quantitative estimate of drug-likeness (QED) is 0.624. The fourth-order valence-corrected chi connectivity index (χ4v) is 4.15. The van der Waals surface area contributed by atoms with E-state index in [4.69, 9.17) is 9.47 Å². The second-order valence-electron chi connectivity index (χ2n) is 4.06. The van der Waals surface area contributed by atoms with Crippen molar-refractivity contribution in [2.24, 2.45) is 0 Å². The number of hydrogen-bond donors (Lipinski definition) is 0. The van der Waals surface area contributed by atoms with Crippen molar-refractivity contribution in [3.63, 3.8) is 0 Å². The molecule has 0 fully saturated rings. The van der Waals surface area contributed by atoms with Crippen LogP contribution >= 0.6 is 0 Å². The summed E-state index contributed by atoms with van der Waals surface area (Å²) < 4.78 is 10.3. The van der Waals surface area contributed by atoms with Gasteiger partial charge in [0.2, 0.25) is 0 Å². The SMILES string of the molecule is CCCOC(=O)[Si](CC)(CC)C(=O)OCCC. The summed E-state index contributed by atoms with van der Waals surface area (Å²) >= 11 is 0. The minimum Gasteiger partial charge on any atom is -0.470 e. The Morgan fingerprint density at radius 1 is 0.824 bits per heavy atom. The topological polar surface area (TPSA) is 52.6 Å². The van der Waals surface area contributed by atoms with Crippen LogP contribution in [0.4, 0.5) is 9.59 Å². The van der Waals surface area contributed by atoms with Crippen LogP contribution in [0, 0.1) is 0 Å². The molecule has 0 aliphatic heterocycles. The highest BCUT2D eigenvalue weighted by Crippen LogP contribution is 2.21. The van der Waals surface area contributed by atoms with Crippen molar-refractivity contribution in [2.45, 2.75) is 52.6 Å². The number of carbonyl (C=O) groups is 2. The van der Waals surface area contributed by atoms with Crippen molar-refractivity contribution < 1.29 is 19.1 Å². The first-order valence-electron chi connectivity index (χ1n) is 6.43. The highest BCUT2D eigenvalue weighted by atomic mass is 28.3. The van der Waals surface area contributed by atoms with E-state index >= 15 is 0 Å². The molecule has 0 unspecified atom stereocenters. The Labute approximate surface area is 105 Å². The van der Waals surface area contributed by atoms with Crippen molar-refractivity contribution in [3.8, 4) is 0 Å². The maximum atomic E-state index is 12.0. The first-order valence-corrected chi connectivity index (χ1v) is 8.84. The molecule has 0 aromatic heterocycles. The molecule has 0 spiro atoms. The Kier molecular flexibility index (Phi) is 7.87. The van der Waals surface area contributed by atoms with Gasteiger partial charge in [0.1, 0.15) is 0 Å². The highest BCUT2D eigenvalue weighted by Gasteiger charge is 2.49. The van der Waals surface area contributed by atoms with Gasteiger partial charge in [-0.1, -0.05) is 27.7 Å². The van der Waals surface area contributed by atoms with Gasteiger partial charge in [0.25, 0.3) is 11.2 Å². The molecule has 0 radical (unpaired) electrons. The fourth-order valence-electron chi connectivity index (χ4n) is 1.58. The first kappa shape index (κ1) is 16.2. The standard InChI is InChI=1S/C12H24O4Si/c1-5-9-15-11(13)17(7-3,8-4)12(14)16-10-6-2/h5-10H2,1-4H3. The van der Waals surface area contributed by atoms with Crippen LogP contribution in [0.25, 0.3) is 0 Å². The van der Waals surface area contributed by atoms with Crippen molar-refractivity contribution in [1.29, 1.82) is 0 Å². The lowest BCUT2D eigenvalue weighted by Crippen LogP contribution is -2.52. The summed E-state index contributed by atoms with van der Waals surface area (Å²) in [4.78, 5) is 24.1. The third-order valence-electron chi connectivity index (χ3n) is 2.86. The van der Waals surface area contributed by atoms with Crippen molar-refractivity contribution >= 4 is 19.3 Å². The zero-order valence-electron chi connectivity index (χ0n) is 11.4. The largest absolute Gasteiger partial charge is 0.470 e. The molecule has 100 valence electrons. The average molecular weight is 260 g/mol. The van der Waals surface area contributed by atoms with Crippen LogP contribution in [-0.2, 0) is 9.47 Å². The van der Waals surface area contributed by atoms with Crippen LogP contribution < -0.4 is 0 Å². The molecule has 0 aliphatic carbocycles. The van der Waals surface area contributed by atoms with Gasteiger partial charge in [-0.2, -0.15) is 0 Å². The normalized spacial score (nSPS) is 11.1. The molecule has 0 N–H and O–H groups in total. The molecule has 0 saturated carbocycles. The van der Waals surface area contributed by atoms with E-state index < -0.39 is 8.07 Å². The molecule has 0 rings (SSSR count). The third-order valence-corrected chi connectivity index (χ3v) is 7.13. The van der Waals surface area contributed by atoms with E-state index in [1.807, 2.05) is 27.7 Å². The van der Waals surface area contributed by atoms with Gasteiger partial charge in [-0.3, -0.25) is 9.59 Å². The molecular formula is C12H24O4Si. The maximum absolute atomic E-state index is 12.0. The van der Waals surface area contributed by atoms with Gasteiger partial charge in [-0.05, 0) is 24.9 Å². The van der Waals surface area contributed by atoms with Crippen LogP contribution in [0.5, 0.6) is 0 Å². The number of rotatable bonds is 8. The second-order valence-corrected chi connectivity index (χ2v) is 8.46. The lowest BCUT2D eigenvalue weighted by Gasteiger charge is -2.24. The van der Waals surface area contributed by atoms with Crippen LogP contribution in [0.2, 0.25) is 12.1 Å². The van der Waals surface area contributed by atoms with E-state index in [1.54, 1.807) is 0 Å². The predicted octanol–water partition coefficient (Wildman–Crippen LogP) is 3.73. The molecule has 0 aliphatic rings. The molecule has 5 heteroatoms. The zero-order chi connectivity index (χ0) is 13.3. The van der Waals surface area contributed by atoms with E-state index in [-0.39, 0.29) is 11.2 Å². The van der Waals surface area contributed by atoms with E-state index in [0.29, 0.717) is 25.3 Å². The minimum absolute atomic E-state index is 0.314. The van der Waals surface area contributed by atoms with Crippen molar-refractivity contribution in [1.82, 2.24) is 0 Å². The van der Waals surface area contributed by atoms with Gasteiger partial charge in [0.05, 0.1) is 13.2 Å². The van der Waals surface area contributed by atoms with Gasteiger partial charge in [0, 0.05) is 0 Å². The monoisotopic (exact) mass is 260 g/mol. The maximum Gasteiger partial charge on any atom is 0.311 e. The summed E-state index contributed by atoms with van der Waals surface area (Å²) in [6.07, 6.45) is 1.54. The summed E-state index contributed by atoms with van der Waals surface area (Å²) in [5.41, 5.74) is -0.629. The lowest BCUT2D eigenvalue weighted by molar-refractivity contribution is 0.160. The van der Waals surface area contributed by atoms with Gasteiger partial charge in [-0.25, -0.2) is 0 Å². The fraction of sp³-hybridized carbons (Fsp3) is 0.833. The molecule has 17 heavy (non-hydrogen) atoms. The lowest BCUT2D eigenvalue weighted by atomic mass is 10.5. The summed E-state index contributed by atoms with van der Waals surface area (Å²) in [6, 6.07) is 1.10. The molecule has 0 aromatic rings. The van der Waals surface area contributed by atoms with Crippen LogP contribution in [0.15, 0.2) is 0 Å². The van der Waals surface area contributed by atoms with Gasteiger partial charge < -0.3 is 9.47 Å². The zero-order valence-corrected chi connectivity index (χ0v) is 12.4. The van der Waals surface area contributed by atoms with Crippen molar-refractivity contribution in [2.75, 3.05) is 13.2 Å². The second kappa shape index (κ2) is 8.28. The molecular weight excluding hydrogens is 236 g/mol. The van der Waals surface area contributed by atoms with Crippen LogP contribution in [0.1, 0.15) is 40.5 Å². The minimum atomic E-state index is -2.75. The van der Waals surface area contributed by atoms with Crippen molar-refractivity contribution in [3.05, 3.63) is 0 Å². The van der Waals surface area contributed by atoms with E-state index in [0.717, 1.165) is 12.8 Å². The third kappa shape index (κ3) is 4.15. The van der Waals surface area contributed by atoms with E-state index in [1.165, 1.54) is 0 Å². The molecule has 0 saturated heterocycles. The molecule has 0 atom stereocenters. The Hall–Kier alpha value is -0.843. The van der Waals surface area contributed by atoms with E-state index in [9.17, 15) is 9.59 Å². The number of ether oxygens (including phenoxy) is 2. The first-order chi connectivity index (χ1) is 8.08. The van der Waals surface area contributed by atoms with Gasteiger partial charge >= 0.3 is 8.07 Å². The molecule has 0 heterocycles. The highest BCUT2D eigenvalue weighted by molar-refractivity contribution is 7.23. The molecule has 4 nitrogen and oxygen atoms in total. The molecule has 0 aromatic carbocycles. The smallest absolute Gasteiger partial charge is 0.311 e. The van der Waals surface area contributed by atoms with Crippen LogP contribution in [-0.4, -0.2) is 32.5 Å². The summed E-state index contributed by atoms with van der Waals surface area (Å²) in [5.74, 6) is 0. The average Bonchev–Trinajstić information content (AvgIpc) is 2.35.